The second-order valence-electron chi connectivity index (χ2n) is 8.58. The summed E-state index contributed by atoms with van der Waals surface area (Å²) in [7, 11) is 0. The van der Waals surface area contributed by atoms with E-state index in [9.17, 15) is 39.9 Å². The van der Waals surface area contributed by atoms with Crippen molar-refractivity contribution in [1.82, 2.24) is 0 Å². The molecule has 31 heavy (non-hydrogen) atoms. The largest absolute Gasteiger partial charge is 0.509 e. The van der Waals surface area contributed by atoms with Gasteiger partial charge in [-0.2, -0.15) is 0 Å². The van der Waals surface area contributed by atoms with Crippen LogP contribution in [0.4, 0.5) is 0 Å². The van der Waals surface area contributed by atoms with Crippen LogP contribution >= 0.6 is 0 Å². The van der Waals surface area contributed by atoms with Crippen LogP contribution in [0.3, 0.4) is 0 Å². The number of ketones is 2. The van der Waals surface area contributed by atoms with Crippen molar-refractivity contribution in [3.05, 3.63) is 52.0 Å². The molecule has 0 bridgehead atoms. The summed E-state index contributed by atoms with van der Waals surface area (Å²) in [4.78, 5) is 38.1. The highest BCUT2D eigenvalue weighted by molar-refractivity contribution is 6.25. The third-order valence-corrected chi connectivity index (χ3v) is 6.90. The molecule has 9 N–H and O–H groups in total. The number of phenols is 1. The zero-order valence-electron chi connectivity index (χ0n) is 16.7. The first-order valence-corrected chi connectivity index (χ1v) is 9.57. The molecule has 3 aliphatic carbocycles. The lowest BCUT2D eigenvalue weighted by molar-refractivity contribution is -0.162. The number of phenolic OH excluding ortho intramolecular Hbond substituents is 1. The number of hydrogen-bond acceptors (Lipinski definition) is 9. The number of rotatable bonds is 1. The maximum atomic E-state index is 13.2. The van der Waals surface area contributed by atoms with Gasteiger partial charge in [0.05, 0.1) is 23.1 Å². The normalized spacial score (nSPS) is 37.3. The summed E-state index contributed by atoms with van der Waals surface area (Å²) in [5.74, 6) is -9.62. The third-order valence-electron chi connectivity index (χ3n) is 6.90. The van der Waals surface area contributed by atoms with E-state index in [1.54, 1.807) is 13.0 Å². The van der Waals surface area contributed by atoms with E-state index in [4.69, 9.17) is 11.5 Å². The highest BCUT2D eigenvalue weighted by atomic mass is 16.4. The van der Waals surface area contributed by atoms with Gasteiger partial charge in [0.1, 0.15) is 22.8 Å². The highest BCUT2D eigenvalue weighted by Crippen LogP contribution is 2.56. The van der Waals surface area contributed by atoms with Gasteiger partial charge in [-0.3, -0.25) is 14.4 Å². The summed E-state index contributed by atoms with van der Waals surface area (Å²) >= 11 is 0. The van der Waals surface area contributed by atoms with Gasteiger partial charge in [-0.25, -0.2) is 0 Å². The molecule has 0 saturated carbocycles. The van der Waals surface area contributed by atoms with E-state index >= 15 is 0 Å². The minimum Gasteiger partial charge on any atom is -0.509 e. The molecule has 1 aromatic carbocycles. The number of aliphatic hydroxyl groups is 4. The second kappa shape index (κ2) is 6.16. The Labute approximate surface area is 176 Å². The summed E-state index contributed by atoms with van der Waals surface area (Å²) < 4.78 is 0. The Hall–Kier alpha value is -3.21. The molecule has 3 aliphatic rings. The number of amides is 1. The first kappa shape index (κ1) is 21.0. The van der Waals surface area contributed by atoms with Crippen LogP contribution < -0.4 is 11.5 Å². The summed E-state index contributed by atoms with van der Waals surface area (Å²) in [6.07, 6.45) is -1.69. The van der Waals surface area contributed by atoms with E-state index in [2.05, 4.69) is 0 Å². The van der Waals surface area contributed by atoms with E-state index in [1.807, 2.05) is 0 Å². The number of benzene rings is 1. The van der Waals surface area contributed by atoms with Crippen molar-refractivity contribution in [3.8, 4) is 5.75 Å². The number of nitrogens with two attached hydrogens (primary N) is 2. The van der Waals surface area contributed by atoms with Crippen LogP contribution in [-0.4, -0.2) is 60.3 Å². The monoisotopic (exact) mass is 430 g/mol. The number of aliphatic hydroxyl groups excluding tert-OH is 3. The molecule has 10 nitrogen and oxygen atoms in total. The smallest absolute Gasteiger partial charge is 0.255 e. The number of aromatic hydroxyl groups is 1. The van der Waals surface area contributed by atoms with Gasteiger partial charge >= 0.3 is 0 Å². The average molecular weight is 430 g/mol. The van der Waals surface area contributed by atoms with Crippen LogP contribution in [0.15, 0.2) is 40.9 Å². The fourth-order valence-corrected chi connectivity index (χ4v) is 5.43. The minimum absolute atomic E-state index is 0.130. The number of hydrogen-bond donors (Lipinski definition) is 7. The Morgan fingerprint density at radius 1 is 1.13 bits per heavy atom. The van der Waals surface area contributed by atoms with Crippen molar-refractivity contribution in [3.63, 3.8) is 0 Å². The molecule has 1 amide bonds. The lowest BCUT2D eigenvalue weighted by Crippen LogP contribution is -2.72. The van der Waals surface area contributed by atoms with Crippen LogP contribution in [0.5, 0.6) is 5.75 Å². The molecule has 0 radical (unpaired) electrons. The molecule has 10 heteroatoms. The van der Waals surface area contributed by atoms with Gasteiger partial charge in [-0.05, 0) is 24.5 Å². The SMILES string of the molecule is CC1c2cccc(O)c2C(=O)C2=C(O)C3(O)C(=O)C(C(N)=O)=C(O)[C@@](C)(N)C3C(O)C21. The lowest BCUT2D eigenvalue weighted by Gasteiger charge is -2.55. The zero-order valence-corrected chi connectivity index (χ0v) is 16.7. The number of carbonyl (C=O) groups excluding carboxylic acids is 3. The predicted molar refractivity (Wildman–Crippen MR) is 105 cm³/mol. The molecular formula is C21H22N2O8. The Bertz CT molecular complexity index is 1130. The van der Waals surface area contributed by atoms with Crippen molar-refractivity contribution in [2.75, 3.05) is 0 Å². The fourth-order valence-electron chi connectivity index (χ4n) is 5.43. The summed E-state index contributed by atoms with van der Waals surface area (Å²) in [5, 5.41) is 54.4. The molecular weight excluding hydrogens is 408 g/mol. The number of primary amides is 1. The first-order valence-electron chi connectivity index (χ1n) is 9.57. The van der Waals surface area contributed by atoms with Crippen LogP contribution in [-0.2, 0) is 9.59 Å². The maximum absolute atomic E-state index is 13.2. The quantitative estimate of drug-likeness (QED) is 0.285. The summed E-state index contributed by atoms with van der Waals surface area (Å²) in [6.45, 7) is 2.81. The van der Waals surface area contributed by atoms with Gasteiger partial charge in [-0.15, -0.1) is 0 Å². The lowest BCUT2D eigenvalue weighted by atomic mass is 9.52. The van der Waals surface area contributed by atoms with E-state index < -0.39 is 75.1 Å². The van der Waals surface area contributed by atoms with E-state index in [0.717, 1.165) is 0 Å². The van der Waals surface area contributed by atoms with Crippen LogP contribution in [0.1, 0.15) is 35.7 Å². The molecule has 0 fully saturated rings. The van der Waals surface area contributed by atoms with Crippen LogP contribution in [0.25, 0.3) is 0 Å². The molecule has 0 spiro atoms. The summed E-state index contributed by atoms with van der Waals surface area (Å²) in [5.41, 5.74) is 5.08. The number of Topliss-reactive ketones (excluding diaryl/α,β-unsaturated/α-hetero) is 2. The topological polar surface area (TPSA) is 204 Å². The molecule has 5 unspecified atom stereocenters. The van der Waals surface area contributed by atoms with Crippen molar-refractivity contribution in [2.45, 2.75) is 37.0 Å². The first-order chi connectivity index (χ1) is 14.3. The zero-order chi connectivity index (χ0) is 23.2. The molecule has 0 aromatic heterocycles. The summed E-state index contributed by atoms with van der Waals surface area (Å²) in [6, 6.07) is 4.37. The van der Waals surface area contributed by atoms with Crippen molar-refractivity contribution >= 4 is 17.5 Å². The molecule has 4 rings (SSSR count). The van der Waals surface area contributed by atoms with Gasteiger partial charge in [-0.1, -0.05) is 19.1 Å². The van der Waals surface area contributed by atoms with Gasteiger partial charge in [0.15, 0.2) is 11.4 Å². The minimum atomic E-state index is -3.00. The molecule has 6 atom stereocenters. The van der Waals surface area contributed by atoms with E-state index in [0.29, 0.717) is 5.56 Å². The number of fused-ring (bicyclic) bond motifs is 3. The average Bonchev–Trinajstić information content (AvgIpc) is 2.67. The van der Waals surface area contributed by atoms with Crippen molar-refractivity contribution < 1.29 is 39.9 Å². The highest BCUT2D eigenvalue weighted by Gasteiger charge is 2.69. The number of carbonyl (C=O) groups is 3. The van der Waals surface area contributed by atoms with Gasteiger partial charge in [0.2, 0.25) is 5.78 Å². The fraction of sp³-hybridized carbons (Fsp3) is 0.381. The van der Waals surface area contributed by atoms with Crippen LogP contribution in [0, 0.1) is 11.8 Å². The Morgan fingerprint density at radius 2 is 1.74 bits per heavy atom. The van der Waals surface area contributed by atoms with Crippen LogP contribution in [0.2, 0.25) is 0 Å². The van der Waals surface area contributed by atoms with Gasteiger partial charge < -0.3 is 37.0 Å². The Kier molecular flexibility index (Phi) is 4.18. The maximum Gasteiger partial charge on any atom is 0.255 e. The molecule has 1 aromatic rings. The van der Waals surface area contributed by atoms with Crippen molar-refractivity contribution in [2.24, 2.45) is 23.3 Å². The Balaban J connectivity index is 2.07. The van der Waals surface area contributed by atoms with E-state index in [-0.39, 0.29) is 11.3 Å². The Morgan fingerprint density at radius 3 is 2.32 bits per heavy atom. The molecule has 164 valence electrons. The third kappa shape index (κ3) is 2.29. The molecule has 0 aliphatic heterocycles. The molecule has 0 saturated heterocycles. The van der Waals surface area contributed by atoms with Gasteiger partial charge in [0, 0.05) is 11.5 Å². The van der Waals surface area contributed by atoms with Crippen molar-refractivity contribution in [1.29, 1.82) is 0 Å². The standard InChI is InChI=1S/C21H22N2O8/c1-6-7-4-3-5-8(24)10(7)13(25)11-9(6)14(26)15-20(2,23)16(27)12(19(22)30)18(29)21(15,31)17(11)28/h3-6,9,14-15,24,26-28,31H,23H2,1-2H3,(H2,22,30)/t6?,9?,14?,15?,20-,21?/m0/s1. The van der Waals surface area contributed by atoms with Gasteiger partial charge in [0.25, 0.3) is 5.91 Å². The second-order valence-corrected chi connectivity index (χ2v) is 8.58. The predicted octanol–water partition coefficient (Wildman–Crippen LogP) is -0.560. The molecule has 0 heterocycles. The van der Waals surface area contributed by atoms with E-state index in [1.165, 1.54) is 19.1 Å².